The van der Waals surface area contributed by atoms with Gasteiger partial charge in [0.2, 0.25) is 5.91 Å². The molecular formula is C13H24N2O3. The zero-order valence-electron chi connectivity index (χ0n) is 11.3. The molecule has 0 heterocycles. The SMILES string of the molecule is CC(C)C(CN)C(=O)N(CC(=O)O)C1CCCC1. The zero-order valence-corrected chi connectivity index (χ0v) is 11.3. The molecule has 0 aromatic heterocycles. The van der Waals surface area contributed by atoms with Crippen LogP contribution in [0.1, 0.15) is 39.5 Å². The number of amides is 1. The number of hydrogen-bond acceptors (Lipinski definition) is 3. The molecule has 1 fully saturated rings. The summed E-state index contributed by atoms with van der Waals surface area (Å²) in [5.74, 6) is -1.18. The van der Waals surface area contributed by atoms with Gasteiger partial charge in [-0.25, -0.2) is 0 Å². The van der Waals surface area contributed by atoms with E-state index in [0.29, 0.717) is 0 Å². The van der Waals surface area contributed by atoms with E-state index in [1.165, 1.54) is 4.90 Å². The van der Waals surface area contributed by atoms with Crippen molar-refractivity contribution in [3.8, 4) is 0 Å². The summed E-state index contributed by atoms with van der Waals surface area (Å²) in [4.78, 5) is 24.9. The van der Waals surface area contributed by atoms with Gasteiger partial charge in [-0.15, -0.1) is 0 Å². The van der Waals surface area contributed by atoms with Crippen LogP contribution >= 0.6 is 0 Å². The molecule has 104 valence electrons. The Kier molecular flexibility index (Phi) is 5.59. The Morgan fingerprint density at radius 2 is 1.89 bits per heavy atom. The topological polar surface area (TPSA) is 83.6 Å². The van der Waals surface area contributed by atoms with Gasteiger partial charge in [-0.05, 0) is 18.8 Å². The summed E-state index contributed by atoms with van der Waals surface area (Å²) in [6.45, 7) is 3.97. The largest absolute Gasteiger partial charge is 0.480 e. The molecular weight excluding hydrogens is 232 g/mol. The summed E-state index contributed by atoms with van der Waals surface area (Å²) in [7, 11) is 0. The highest BCUT2D eigenvalue weighted by Gasteiger charge is 2.33. The van der Waals surface area contributed by atoms with E-state index in [9.17, 15) is 9.59 Å². The average Bonchev–Trinajstić information content (AvgIpc) is 2.79. The first-order chi connectivity index (χ1) is 8.47. The fourth-order valence-electron chi connectivity index (χ4n) is 2.62. The van der Waals surface area contributed by atoms with Crippen LogP contribution < -0.4 is 5.73 Å². The van der Waals surface area contributed by atoms with Crippen LogP contribution in [0.4, 0.5) is 0 Å². The van der Waals surface area contributed by atoms with Crippen LogP contribution in [0.25, 0.3) is 0 Å². The lowest BCUT2D eigenvalue weighted by atomic mass is 9.93. The smallest absolute Gasteiger partial charge is 0.323 e. The van der Waals surface area contributed by atoms with Crippen LogP contribution in [-0.2, 0) is 9.59 Å². The maximum atomic E-state index is 12.4. The highest BCUT2D eigenvalue weighted by atomic mass is 16.4. The molecule has 0 aliphatic heterocycles. The van der Waals surface area contributed by atoms with Crippen molar-refractivity contribution in [2.24, 2.45) is 17.6 Å². The molecule has 1 amide bonds. The number of aliphatic carboxylic acids is 1. The number of nitrogens with zero attached hydrogens (tertiary/aromatic N) is 1. The average molecular weight is 256 g/mol. The lowest BCUT2D eigenvalue weighted by Crippen LogP contribution is -2.48. The van der Waals surface area contributed by atoms with Crippen molar-refractivity contribution in [2.75, 3.05) is 13.1 Å². The van der Waals surface area contributed by atoms with E-state index >= 15 is 0 Å². The fourth-order valence-corrected chi connectivity index (χ4v) is 2.62. The summed E-state index contributed by atoms with van der Waals surface area (Å²) in [5, 5.41) is 8.96. The summed E-state index contributed by atoms with van der Waals surface area (Å²) < 4.78 is 0. The van der Waals surface area contributed by atoms with Crippen molar-refractivity contribution >= 4 is 11.9 Å². The summed E-state index contributed by atoms with van der Waals surface area (Å²) >= 11 is 0. The minimum atomic E-state index is -0.949. The lowest BCUT2D eigenvalue weighted by Gasteiger charge is -2.32. The Labute approximate surface area is 108 Å². The van der Waals surface area contributed by atoms with Gasteiger partial charge in [0, 0.05) is 12.6 Å². The number of carbonyl (C=O) groups excluding carboxylic acids is 1. The van der Waals surface area contributed by atoms with Gasteiger partial charge >= 0.3 is 5.97 Å². The molecule has 0 saturated heterocycles. The Balaban J connectivity index is 2.80. The van der Waals surface area contributed by atoms with E-state index < -0.39 is 5.97 Å². The standard InChI is InChI=1S/C13H24N2O3/c1-9(2)11(7-14)13(18)15(8-12(16)17)10-5-3-4-6-10/h9-11H,3-8,14H2,1-2H3,(H,16,17). The quantitative estimate of drug-likeness (QED) is 0.744. The highest BCUT2D eigenvalue weighted by Crippen LogP contribution is 2.26. The van der Waals surface area contributed by atoms with Crippen molar-refractivity contribution in [1.82, 2.24) is 4.90 Å². The fraction of sp³-hybridized carbons (Fsp3) is 0.846. The molecule has 5 heteroatoms. The molecule has 1 aliphatic rings. The Hall–Kier alpha value is -1.10. The third kappa shape index (κ3) is 3.70. The second-order valence-corrected chi connectivity index (χ2v) is 5.38. The van der Waals surface area contributed by atoms with Gasteiger partial charge in [0.1, 0.15) is 6.54 Å². The molecule has 0 spiro atoms. The van der Waals surface area contributed by atoms with Gasteiger partial charge in [0.05, 0.1) is 5.92 Å². The molecule has 1 saturated carbocycles. The summed E-state index contributed by atoms with van der Waals surface area (Å²) in [6.07, 6.45) is 3.97. The second-order valence-electron chi connectivity index (χ2n) is 5.38. The van der Waals surface area contributed by atoms with Crippen LogP contribution in [0.3, 0.4) is 0 Å². The van der Waals surface area contributed by atoms with Gasteiger partial charge in [0.15, 0.2) is 0 Å². The number of carbonyl (C=O) groups is 2. The van der Waals surface area contributed by atoms with E-state index in [2.05, 4.69) is 0 Å². The molecule has 0 aromatic rings. The van der Waals surface area contributed by atoms with Crippen molar-refractivity contribution in [3.05, 3.63) is 0 Å². The van der Waals surface area contributed by atoms with E-state index in [1.54, 1.807) is 0 Å². The molecule has 1 atom stereocenters. The normalized spacial score (nSPS) is 18.0. The van der Waals surface area contributed by atoms with Gasteiger partial charge in [-0.1, -0.05) is 26.7 Å². The monoisotopic (exact) mass is 256 g/mol. The minimum absolute atomic E-state index is 0.0846. The number of carboxylic acids is 1. The van der Waals surface area contributed by atoms with Crippen molar-refractivity contribution < 1.29 is 14.7 Å². The molecule has 18 heavy (non-hydrogen) atoms. The van der Waals surface area contributed by atoms with E-state index in [4.69, 9.17) is 10.8 Å². The first-order valence-electron chi connectivity index (χ1n) is 6.69. The molecule has 1 unspecified atom stereocenters. The first-order valence-corrected chi connectivity index (χ1v) is 6.69. The molecule has 0 bridgehead atoms. The van der Waals surface area contributed by atoms with Crippen LogP contribution in [0, 0.1) is 11.8 Å². The Bertz CT molecular complexity index is 299. The predicted molar refractivity (Wildman–Crippen MR) is 69.0 cm³/mol. The molecule has 5 nitrogen and oxygen atoms in total. The lowest BCUT2D eigenvalue weighted by molar-refractivity contribution is -0.148. The summed E-state index contributed by atoms with van der Waals surface area (Å²) in [6, 6.07) is 0.0846. The van der Waals surface area contributed by atoms with Crippen molar-refractivity contribution in [2.45, 2.75) is 45.6 Å². The zero-order chi connectivity index (χ0) is 13.7. The third-order valence-electron chi connectivity index (χ3n) is 3.73. The number of hydrogen-bond donors (Lipinski definition) is 2. The van der Waals surface area contributed by atoms with Crippen molar-refractivity contribution in [3.63, 3.8) is 0 Å². The second kappa shape index (κ2) is 6.73. The molecule has 3 N–H and O–H groups in total. The van der Waals surface area contributed by atoms with Gasteiger partial charge in [-0.3, -0.25) is 9.59 Å². The van der Waals surface area contributed by atoms with E-state index in [-0.39, 0.29) is 36.9 Å². The number of carboxylic acid groups (broad SMARTS) is 1. The number of nitrogens with two attached hydrogens (primary N) is 1. The first kappa shape index (κ1) is 15.0. The highest BCUT2D eigenvalue weighted by molar-refractivity contribution is 5.83. The molecule has 0 radical (unpaired) electrons. The van der Waals surface area contributed by atoms with Crippen molar-refractivity contribution in [1.29, 1.82) is 0 Å². The van der Waals surface area contributed by atoms with Crippen LogP contribution in [0.2, 0.25) is 0 Å². The molecule has 1 rings (SSSR count). The van der Waals surface area contributed by atoms with Crippen LogP contribution in [0.15, 0.2) is 0 Å². The summed E-state index contributed by atoms with van der Waals surface area (Å²) in [5.41, 5.74) is 5.65. The van der Waals surface area contributed by atoms with Crippen LogP contribution in [-0.4, -0.2) is 41.0 Å². The van der Waals surface area contributed by atoms with E-state index in [1.807, 2.05) is 13.8 Å². The number of rotatable bonds is 6. The third-order valence-corrected chi connectivity index (χ3v) is 3.73. The maximum Gasteiger partial charge on any atom is 0.323 e. The predicted octanol–water partition coefficient (Wildman–Crippen LogP) is 1.07. The molecule has 0 aromatic carbocycles. The van der Waals surface area contributed by atoms with Gasteiger partial charge < -0.3 is 15.7 Å². The minimum Gasteiger partial charge on any atom is -0.480 e. The van der Waals surface area contributed by atoms with Gasteiger partial charge in [0.25, 0.3) is 0 Å². The van der Waals surface area contributed by atoms with Crippen LogP contribution in [0.5, 0.6) is 0 Å². The maximum absolute atomic E-state index is 12.4. The van der Waals surface area contributed by atoms with Gasteiger partial charge in [-0.2, -0.15) is 0 Å². The Morgan fingerprint density at radius 3 is 2.28 bits per heavy atom. The molecule has 1 aliphatic carbocycles. The van der Waals surface area contributed by atoms with E-state index in [0.717, 1.165) is 25.7 Å². The Morgan fingerprint density at radius 1 is 1.33 bits per heavy atom.